The Morgan fingerprint density at radius 2 is 2.20 bits per heavy atom. The number of carbonyl (C=O) groups is 3. The summed E-state index contributed by atoms with van der Waals surface area (Å²) in [5, 5.41) is 12.0. The van der Waals surface area contributed by atoms with Gasteiger partial charge in [-0.2, -0.15) is 0 Å². The van der Waals surface area contributed by atoms with Crippen molar-refractivity contribution in [2.75, 3.05) is 18.4 Å². The summed E-state index contributed by atoms with van der Waals surface area (Å²) in [6, 6.07) is 4.73. The Hall–Kier alpha value is -2.68. The van der Waals surface area contributed by atoms with Crippen LogP contribution in [-0.2, 0) is 4.79 Å². The molecule has 0 aromatic carbocycles. The first kappa shape index (κ1) is 17.2. The molecule has 1 aliphatic heterocycles. The van der Waals surface area contributed by atoms with E-state index in [9.17, 15) is 18.8 Å². The SMILES string of the molecule is Cc1cc(NC(=O)c2ccco2)sc1C(=O)N1CCC(F)(C(=O)O)C1. The zero-order valence-electron chi connectivity index (χ0n) is 13.2. The summed E-state index contributed by atoms with van der Waals surface area (Å²) in [6.07, 6.45) is 1.14. The van der Waals surface area contributed by atoms with Gasteiger partial charge in [-0.15, -0.1) is 11.3 Å². The maximum atomic E-state index is 14.1. The first-order valence-electron chi connectivity index (χ1n) is 7.47. The van der Waals surface area contributed by atoms with Gasteiger partial charge in [-0.3, -0.25) is 9.59 Å². The Balaban J connectivity index is 1.73. The topological polar surface area (TPSA) is 99.9 Å². The number of furan rings is 1. The van der Waals surface area contributed by atoms with E-state index in [0.717, 1.165) is 11.3 Å². The van der Waals surface area contributed by atoms with Crippen LogP contribution in [0.1, 0.15) is 32.2 Å². The number of amides is 2. The second-order valence-electron chi connectivity index (χ2n) is 5.80. The molecule has 2 aromatic rings. The third-order valence-electron chi connectivity index (χ3n) is 3.98. The molecule has 2 aromatic heterocycles. The number of aryl methyl sites for hydroxylation is 1. The molecule has 0 aliphatic carbocycles. The Morgan fingerprint density at radius 3 is 2.80 bits per heavy atom. The van der Waals surface area contributed by atoms with Crippen molar-refractivity contribution in [2.24, 2.45) is 0 Å². The summed E-state index contributed by atoms with van der Waals surface area (Å²) in [5.41, 5.74) is -1.78. The Bertz CT molecular complexity index is 832. The van der Waals surface area contributed by atoms with Crippen LogP contribution in [0.15, 0.2) is 28.9 Å². The normalized spacial score (nSPS) is 19.8. The summed E-state index contributed by atoms with van der Waals surface area (Å²) in [5.74, 6) is -2.30. The second kappa shape index (κ2) is 6.32. The molecule has 3 heterocycles. The van der Waals surface area contributed by atoms with Crippen LogP contribution in [0, 0.1) is 6.92 Å². The van der Waals surface area contributed by atoms with Crippen molar-refractivity contribution in [3.8, 4) is 0 Å². The number of alkyl halides is 1. The highest BCUT2D eigenvalue weighted by Crippen LogP contribution is 2.32. The third-order valence-corrected chi connectivity index (χ3v) is 5.12. The van der Waals surface area contributed by atoms with Crippen LogP contribution >= 0.6 is 11.3 Å². The lowest BCUT2D eigenvalue weighted by Crippen LogP contribution is -2.38. The predicted octanol–water partition coefficient (Wildman–Crippen LogP) is 2.54. The van der Waals surface area contributed by atoms with Crippen LogP contribution in [0.5, 0.6) is 0 Å². The standard InChI is InChI=1S/C16H15FN2O5S/c1-9-7-11(18-13(20)10-3-2-6-24-10)25-12(9)14(21)19-5-4-16(17,8-19)15(22)23/h2-3,6-7H,4-5,8H2,1H3,(H,18,20)(H,22,23). The van der Waals surface area contributed by atoms with Gasteiger partial charge in [0.2, 0.25) is 5.67 Å². The van der Waals surface area contributed by atoms with Gasteiger partial charge in [-0.05, 0) is 30.7 Å². The second-order valence-corrected chi connectivity index (χ2v) is 6.85. The van der Waals surface area contributed by atoms with Gasteiger partial charge in [-0.25, -0.2) is 9.18 Å². The van der Waals surface area contributed by atoms with Crippen LogP contribution in [0.2, 0.25) is 0 Å². The molecule has 7 nitrogen and oxygen atoms in total. The minimum Gasteiger partial charge on any atom is -0.479 e. The number of carboxylic acid groups (broad SMARTS) is 1. The molecule has 1 aliphatic rings. The number of carboxylic acids is 1. The van der Waals surface area contributed by atoms with Crippen molar-refractivity contribution in [3.05, 3.63) is 40.7 Å². The van der Waals surface area contributed by atoms with E-state index in [4.69, 9.17) is 9.52 Å². The van der Waals surface area contributed by atoms with E-state index in [2.05, 4.69) is 5.32 Å². The molecule has 1 saturated heterocycles. The Labute approximate surface area is 146 Å². The monoisotopic (exact) mass is 366 g/mol. The van der Waals surface area contributed by atoms with E-state index in [1.54, 1.807) is 19.1 Å². The lowest BCUT2D eigenvalue weighted by molar-refractivity contribution is -0.149. The molecular formula is C16H15FN2O5S. The van der Waals surface area contributed by atoms with E-state index < -0.39 is 30.0 Å². The fraction of sp³-hybridized carbons (Fsp3) is 0.312. The maximum absolute atomic E-state index is 14.1. The van der Waals surface area contributed by atoms with Crippen molar-refractivity contribution in [3.63, 3.8) is 0 Å². The summed E-state index contributed by atoms with van der Waals surface area (Å²) in [4.78, 5) is 37.0. The lowest BCUT2D eigenvalue weighted by atomic mass is 10.1. The van der Waals surface area contributed by atoms with Gasteiger partial charge in [0, 0.05) is 13.0 Å². The molecular weight excluding hydrogens is 351 g/mol. The van der Waals surface area contributed by atoms with E-state index >= 15 is 0 Å². The maximum Gasteiger partial charge on any atom is 0.343 e. The highest BCUT2D eigenvalue weighted by molar-refractivity contribution is 7.18. The fourth-order valence-corrected chi connectivity index (χ4v) is 3.64. The number of carbonyl (C=O) groups excluding carboxylic acids is 2. The van der Waals surface area contributed by atoms with Crippen LogP contribution in [-0.4, -0.2) is 46.5 Å². The van der Waals surface area contributed by atoms with Gasteiger partial charge in [0.1, 0.15) is 0 Å². The molecule has 0 bridgehead atoms. The quantitative estimate of drug-likeness (QED) is 0.866. The third kappa shape index (κ3) is 3.27. The van der Waals surface area contributed by atoms with Gasteiger partial charge >= 0.3 is 5.97 Å². The number of hydrogen-bond acceptors (Lipinski definition) is 5. The Morgan fingerprint density at radius 1 is 1.44 bits per heavy atom. The minimum absolute atomic E-state index is 0.0348. The number of rotatable bonds is 4. The molecule has 1 atom stereocenters. The van der Waals surface area contributed by atoms with Crippen LogP contribution in [0.25, 0.3) is 0 Å². The molecule has 25 heavy (non-hydrogen) atoms. The van der Waals surface area contributed by atoms with E-state index in [1.165, 1.54) is 17.2 Å². The highest BCUT2D eigenvalue weighted by Gasteiger charge is 2.47. The van der Waals surface area contributed by atoms with Crippen LogP contribution < -0.4 is 5.32 Å². The van der Waals surface area contributed by atoms with Crippen molar-refractivity contribution >= 4 is 34.1 Å². The van der Waals surface area contributed by atoms with Crippen LogP contribution in [0.4, 0.5) is 9.39 Å². The summed E-state index contributed by atoms with van der Waals surface area (Å²) >= 11 is 1.05. The number of hydrogen-bond donors (Lipinski definition) is 2. The first-order chi connectivity index (χ1) is 11.8. The van der Waals surface area contributed by atoms with Gasteiger partial charge in [0.25, 0.3) is 11.8 Å². The molecule has 0 spiro atoms. The van der Waals surface area contributed by atoms with Gasteiger partial charge in [0.15, 0.2) is 5.76 Å². The molecule has 132 valence electrons. The molecule has 1 unspecified atom stereocenters. The van der Waals surface area contributed by atoms with E-state index in [-0.39, 0.29) is 18.7 Å². The number of aliphatic carboxylic acids is 1. The largest absolute Gasteiger partial charge is 0.479 e. The summed E-state index contributed by atoms with van der Waals surface area (Å²) in [6.45, 7) is 1.25. The molecule has 2 amide bonds. The van der Waals surface area contributed by atoms with Gasteiger partial charge < -0.3 is 19.7 Å². The molecule has 0 radical (unpaired) electrons. The van der Waals surface area contributed by atoms with Crippen molar-refractivity contribution < 1.29 is 28.3 Å². The number of thiophene rings is 1. The summed E-state index contributed by atoms with van der Waals surface area (Å²) < 4.78 is 19.1. The van der Waals surface area contributed by atoms with Gasteiger partial charge in [0.05, 0.1) is 22.7 Å². The molecule has 3 rings (SSSR count). The first-order valence-corrected chi connectivity index (χ1v) is 8.29. The number of halogens is 1. The molecule has 2 N–H and O–H groups in total. The summed E-state index contributed by atoms with van der Waals surface area (Å²) in [7, 11) is 0. The minimum atomic E-state index is -2.41. The smallest absolute Gasteiger partial charge is 0.343 e. The van der Waals surface area contributed by atoms with Crippen molar-refractivity contribution in [2.45, 2.75) is 19.0 Å². The number of likely N-dealkylation sites (tertiary alicyclic amines) is 1. The highest BCUT2D eigenvalue weighted by atomic mass is 32.1. The number of anilines is 1. The van der Waals surface area contributed by atoms with Gasteiger partial charge in [-0.1, -0.05) is 0 Å². The molecule has 1 fully saturated rings. The average molecular weight is 366 g/mol. The van der Waals surface area contributed by atoms with Crippen LogP contribution in [0.3, 0.4) is 0 Å². The zero-order chi connectivity index (χ0) is 18.2. The predicted molar refractivity (Wildman–Crippen MR) is 87.7 cm³/mol. The van der Waals surface area contributed by atoms with E-state index in [0.29, 0.717) is 15.4 Å². The van der Waals surface area contributed by atoms with Crippen molar-refractivity contribution in [1.29, 1.82) is 0 Å². The molecule has 9 heteroatoms. The zero-order valence-corrected chi connectivity index (χ0v) is 14.1. The fourth-order valence-electron chi connectivity index (χ4n) is 2.60. The average Bonchev–Trinajstić information content (AvgIpc) is 3.27. The number of nitrogens with one attached hydrogen (secondary N) is 1. The Kier molecular flexibility index (Phi) is 4.34. The van der Waals surface area contributed by atoms with Crippen molar-refractivity contribution in [1.82, 2.24) is 4.90 Å². The number of nitrogens with zero attached hydrogens (tertiary/aromatic N) is 1. The molecule has 0 saturated carbocycles. The van der Waals surface area contributed by atoms with E-state index in [1.807, 2.05) is 0 Å². The lowest BCUT2D eigenvalue weighted by Gasteiger charge is -2.17.